The molecule has 0 spiro atoms. The second-order valence-corrected chi connectivity index (χ2v) is 9.25. The van der Waals surface area contributed by atoms with E-state index in [0.29, 0.717) is 39.2 Å². The van der Waals surface area contributed by atoms with E-state index < -0.39 is 41.5 Å². The van der Waals surface area contributed by atoms with Gasteiger partial charge < -0.3 is 29.6 Å². The number of carbonyl (C=O) groups excluding carboxylic acids is 2. The molecule has 0 saturated carbocycles. The number of aliphatic hydroxyl groups excluding tert-OH is 1. The van der Waals surface area contributed by atoms with Crippen molar-refractivity contribution in [1.29, 1.82) is 0 Å². The molecule has 186 valence electrons. The Hall–Kier alpha value is -3.83. The van der Waals surface area contributed by atoms with Gasteiger partial charge in [-0.05, 0) is 25.0 Å². The number of carbonyl (C=O) groups is 2. The van der Waals surface area contributed by atoms with Gasteiger partial charge >= 0.3 is 5.97 Å². The van der Waals surface area contributed by atoms with Gasteiger partial charge in [-0.25, -0.2) is 14.2 Å². The van der Waals surface area contributed by atoms with Gasteiger partial charge in [-0.15, -0.1) is 0 Å². The minimum atomic E-state index is -1.97. The molecule has 2 atom stereocenters. The highest BCUT2D eigenvalue weighted by Crippen LogP contribution is 2.46. The SMILES string of the molecule is CC[C@@]1(O)C(=O)OCc2c1cc1n(c2=O)Cc2c-1nc1cc(F)c(C)c3c1c2[C@@H](NC(=O)CO)CO3. The predicted octanol–water partition coefficient (Wildman–Crippen LogP) is 1.07. The quantitative estimate of drug-likeness (QED) is 0.359. The van der Waals surface area contributed by atoms with Crippen molar-refractivity contribution in [1.82, 2.24) is 14.9 Å². The Bertz CT molecular complexity index is 1580. The molecule has 0 unspecified atom stereocenters. The molecule has 0 saturated heterocycles. The summed E-state index contributed by atoms with van der Waals surface area (Å²) in [7, 11) is 0. The van der Waals surface area contributed by atoms with Crippen molar-refractivity contribution in [2.75, 3.05) is 13.2 Å². The highest BCUT2D eigenvalue weighted by atomic mass is 19.1. The number of fused-ring (bicyclic) bond motifs is 5. The number of aromatic nitrogens is 2. The molecule has 6 rings (SSSR count). The van der Waals surface area contributed by atoms with E-state index in [1.807, 2.05) is 0 Å². The molecule has 10 nitrogen and oxygen atoms in total. The maximum Gasteiger partial charge on any atom is 0.343 e. The van der Waals surface area contributed by atoms with Crippen molar-refractivity contribution in [2.45, 2.75) is 45.1 Å². The lowest BCUT2D eigenvalue weighted by atomic mass is 9.86. The number of nitrogens with one attached hydrogen (secondary N) is 1. The number of hydrogen-bond acceptors (Lipinski definition) is 8. The van der Waals surface area contributed by atoms with Crippen LogP contribution in [0.2, 0.25) is 0 Å². The summed E-state index contributed by atoms with van der Waals surface area (Å²) in [6.45, 7) is 2.32. The highest BCUT2D eigenvalue weighted by Gasteiger charge is 2.46. The number of nitrogens with zero attached hydrogens (tertiary/aromatic N) is 2. The highest BCUT2D eigenvalue weighted by molar-refractivity contribution is 5.95. The molecule has 0 fully saturated rings. The van der Waals surface area contributed by atoms with Crippen LogP contribution in [0.3, 0.4) is 0 Å². The van der Waals surface area contributed by atoms with Gasteiger partial charge in [-0.2, -0.15) is 0 Å². The molecule has 5 heterocycles. The summed E-state index contributed by atoms with van der Waals surface area (Å²) in [4.78, 5) is 42.7. The van der Waals surface area contributed by atoms with E-state index in [1.54, 1.807) is 19.9 Å². The van der Waals surface area contributed by atoms with Crippen LogP contribution in [0, 0.1) is 12.7 Å². The average molecular weight is 495 g/mol. The fourth-order valence-corrected chi connectivity index (χ4v) is 5.48. The standard InChI is InChI=1S/C25H22FN3O7/c1-3-25(34)13-4-17-21-11(6-29(17)23(32)12(13)8-36-24(25)33)19-16(27-18(31)7-30)9-35-22-10(2)14(26)5-15(28-21)20(19)22/h4-5,16,30,34H,3,6-9H2,1-2H3,(H,27,31)/t16-,25-/m0/s1. The molecule has 3 aliphatic rings. The van der Waals surface area contributed by atoms with Gasteiger partial charge in [0, 0.05) is 28.1 Å². The number of benzene rings is 1. The third-order valence-electron chi connectivity index (χ3n) is 7.38. The van der Waals surface area contributed by atoms with Gasteiger partial charge in [0.2, 0.25) is 5.91 Å². The van der Waals surface area contributed by atoms with Gasteiger partial charge in [0.1, 0.15) is 31.4 Å². The van der Waals surface area contributed by atoms with Crippen LogP contribution in [0.25, 0.3) is 22.3 Å². The fourth-order valence-electron chi connectivity index (χ4n) is 5.48. The minimum absolute atomic E-state index is 0.00539. The van der Waals surface area contributed by atoms with Crippen LogP contribution in [-0.4, -0.2) is 44.9 Å². The van der Waals surface area contributed by atoms with E-state index >= 15 is 0 Å². The first-order chi connectivity index (χ1) is 17.2. The number of esters is 1. The summed E-state index contributed by atoms with van der Waals surface area (Å²) in [6.07, 6.45) is 0.00539. The largest absolute Gasteiger partial charge is 0.490 e. The van der Waals surface area contributed by atoms with E-state index in [4.69, 9.17) is 9.47 Å². The zero-order valence-electron chi connectivity index (χ0n) is 19.5. The molecular formula is C25H22FN3O7. The predicted molar refractivity (Wildman–Crippen MR) is 123 cm³/mol. The van der Waals surface area contributed by atoms with Crippen molar-refractivity contribution in [3.05, 3.63) is 56.1 Å². The fraction of sp³-hybridized carbons (Fsp3) is 0.360. The van der Waals surface area contributed by atoms with Crippen LogP contribution in [0.5, 0.6) is 5.75 Å². The van der Waals surface area contributed by atoms with Crippen LogP contribution in [0.4, 0.5) is 4.39 Å². The van der Waals surface area contributed by atoms with Crippen molar-refractivity contribution in [2.24, 2.45) is 0 Å². The molecule has 3 aromatic rings. The number of rotatable bonds is 3. The van der Waals surface area contributed by atoms with E-state index in [9.17, 15) is 29.0 Å². The molecule has 2 aromatic heterocycles. The molecule has 0 radical (unpaired) electrons. The zero-order chi connectivity index (χ0) is 25.5. The summed E-state index contributed by atoms with van der Waals surface area (Å²) in [6, 6.07) is 2.17. The van der Waals surface area contributed by atoms with Gasteiger partial charge in [-0.1, -0.05) is 6.92 Å². The van der Waals surface area contributed by atoms with Crippen LogP contribution in [0.15, 0.2) is 16.9 Å². The molecule has 3 aliphatic heterocycles. The maximum absolute atomic E-state index is 14.8. The molecule has 0 bridgehead atoms. The van der Waals surface area contributed by atoms with E-state index in [1.165, 1.54) is 10.6 Å². The molecule has 11 heteroatoms. The molecule has 1 amide bonds. The van der Waals surface area contributed by atoms with E-state index in [2.05, 4.69) is 10.3 Å². The van der Waals surface area contributed by atoms with Crippen LogP contribution >= 0.6 is 0 Å². The third kappa shape index (κ3) is 2.83. The normalized spacial score (nSPS) is 21.4. The summed E-state index contributed by atoms with van der Waals surface area (Å²) in [5, 5.41) is 23.6. The molecule has 36 heavy (non-hydrogen) atoms. The number of pyridine rings is 2. The maximum atomic E-state index is 14.8. The number of cyclic esters (lactones) is 1. The third-order valence-corrected chi connectivity index (χ3v) is 7.38. The molecule has 3 N–H and O–H groups in total. The molecular weight excluding hydrogens is 473 g/mol. The van der Waals surface area contributed by atoms with Gasteiger partial charge in [-0.3, -0.25) is 9.59 Å². The van der Waals surface area contributed by atoms with Gasteiger partial charge in [0.05, 0.1) is 35.1 Å². The number of amides is 1. The smallest absolute Gasteiger partial charge is 0.343 e. The van der Waals surface area contributed by atoms with Crippen molar-refractivity contribution >= 4 is 22.8 Å². The van der Waals surface area contributed by atoms with Gasteiger partial charge in [0.15, 0.2) is 5.60 Å². The second-order valence-electron chi connectivity index (χ2n) is 9.25. The Morgan fingerprint density at radius 1 is 1.31 bits per heavy atom. The Morgan fingerprint density at radius 3 is 2.81 bits per heavy atom. The molecule has 0 aliphatic carbocycles. The summed E-state index contributed by atoms with van der Waals surface area (Å²) < 4.78 is 27.2. The Labute approximate surface area is 203 Å². The first-order valence-electron chi connectivity index (χ1n) is 11.5. The first-order valence-corrected chi connectivity index (χ1v) is 11.5. The zero-order valence-corrected chi connectivity index (χ0v) is 19.5. The minimum Gasteiger partial charge on any atom is -0.490 e. The lowest BCUT2D eigenvalue weighted by molar-refractivity contribution is -0.172. The monoisotopic (exact) mass is 495 g/mol. The van der Waals surface area contributed by atoms with Crippen LogP contribution in [0.1, 0.15) is 47.2 Å². The summed E-state index contributed by atoms with van der Waals surface area (Å²) in [5.41, 5.74) is 0.532. The van der Waals surface area contributed by atoms with Crippen molar-refractivity contribution < 1.29 is 33.7 Å². The first kappa shape index (κ1) is 22.6. The Morgan fingerprint density at radius 2 is 2.08 bits per heavy atom. The average Bonchev–Trinajstić information content (AvgIpc) is 3.24. The Balaban J connectivity index is 1.66. The van der Waals surface area contributed by atoms with E-state index in [-0.39, 0.29) is 42.8 Å². The summed E-state index contributed by atoms with van der Waals surface area (Å²) >= 11 is 0. The lowest BCUT2D eigenvalue weighted by Gasteiger charge is -2.31. The topological polar surface area (TPSA) is 140 Å². The van der Waals surface area contributed by atoms with Crippen molar-refractivity contribution in [3.63, 3.8) is 0 Å². The van der Waals surface area contributed by atoms with Crippen LogP contribution < -0.4 is 15.6 Å². The second kappa shape index (κ2) is 7.58. The van der Waals surface area contributed by atoms with E-state index in [0.717, 1.165) is 0 Å². The number of ether oxygens (including phenoxy) is 2. The number of aliphatic hydroxyl groups is 2. The molecule has 1 aromatic carbocycles. The lowest BCUT2D eigenvalue weighted by Crippen LogP contribution is -2.44. The number of halogens is 1. The van der Waals surface area contributed by atoms with Gasteiger partial charge in [0.25, 0.3) is 5.56 Å². The Kier molecular flexibility index (Phi) is 4.76. The number of hydrogen-bond donors (Lipinski definition) is 3. The summed E-state index contributed by atoms with van der Waals surface area (Å²) in [5.74, 6) is -1.64. The van der Waals surface area contributed by atoms with Crippen molar-refractivity contribution in [3.8, 4) is 17.1 Å². The van der Waals surface area contributed by atoms with Crippen LogP contribution in [-0.2, 0) is 33.1 Å².